The lowest BCUT2D eigenvalue weighted by Gasteiger charge is -2.06. The van der Waals surface area contributed by atoms with Crippen molar-refractivity contribution in [3.63, 3.8) is 0 Å². The Morgan fingerprint density at radius 3 is 2.87 bits per heavy atom. The molecule has 0 unspecified atom stereocenters. The van der Waals surface area contributed by atoms with Crippen LogP contribution in [0.5, 0.6) is 0 Å². The van der Waals surface area contributed by atoms with Crippen LogP contribution < -0.4 is 15.6 Å². The molecule has 0 aliphatic heterocycles. The molecule has 0 fully saturated rings. The Labute approximate surface area is 134 Å². The van der Waals surface area contributed by atoms with E-state index in [4.69, 9.17) is 5.11 Å². The molecule has 0 radical (unpaired) electrons. The van der Waals surface area contributed by atoms with Gasteiger partial charge in [0.1, 0.15) is 0 Å². The van der Waals surface area contributed by atoms with Gasteiger partial charge in [-0.05, 0) is 25.3 Å². The molecule has 2 aromatic rings. The first kappa shape index (κ1) is 17.0. The van der Waals surface area contributed by atoms with Gasteiger partial charge in [-0.2, -0.15) is 4.73 Å². The highest BCUT2D eigenvalue weighted by molar-refractivity contribution is 5.27. The number of nitrogens with zero attached hydrogens (tertiary/aromatic N) is 2. The minimum Gasteiger partial charge on any atom is -0.619 e. The normalized spacial score (nSPS) is 10.7. The van der Waals surface area contributed by atoms with Gasteiger partial charge in [0.2, 0.25) is 5.95 Å². The van der Waals surface area contributed by atoms with E-state index in [1.165, 1.54) is 12.4 Å². The van der Waals surface area contributed by atoms with E-state index < -0.39 is 0 Å². The number of H-pyrrole nitrogens is 1. The first-order valence-electron chi connectivity index (χ1n) is 7.72. The molecule has 0 saturated carbocycles. The number of anilines is 1. The minimum absolute atomic E-state index is 0.201. The number of aliphatic hydroxyl groups excluding tert-OH is 1. The van der Waals surface area contributed by atoms with Crippen LogP contribution >= 0.6 is 0 Å². The SMILES string of the molecule is Cc1ccc(Cc2cnc(NCCCCCO)[nH]c2=O)c[n+]1[O-]. The van der Waals surface area contributed by atoms with E-state index in [1.54, 1.807) is 13.0 Å². The van der Waals surface area contributed by atoms with Gasteiger partial charge in [-0.25, -0.2) is 4.98 Å². The number of hydrogen-bond donors (Lipinski definition) is 3. The molecule has 3 N–H and O–H groups in total. The molecule has 0 amide bonds. The molecule has 2 aromatic heterocycles. The van der Waals surface area contributed by atoms with Crippen molar-refractivity contribution < 1.29 is 9.84 Å². The van der Waals surface area contributed by atoms with Crippen LogP contribution in [-0.2, 0) is 6.42 Å². The first-order valence-corrected chi connectivity index (χ1v) is 7.72. The fourth-order valence-corrected chi connectivity index (χ4v) is 2.18. The lowest BCUT2D eigenvalue weighted by atomic mass is 10.1. The predicted octanol–water partition coefficient (Wildman–Crippen LogP) is 0.877. The van der Waals surface area contributed by atoms with Crippen LogP contribution in [0.3, 0.4) is 0 Å². The number of aromatic amines is 1. The van der Waals surface area contributed by atoms with Crippen LogP contribution in [0.4, 0.5) is 5.95 Å². The molecule has 0 aliphatic rings. The maximum Gasteiger partial charge on any atom is 0.255 e. The van der Waals surface area contributed by atoms with Crippen LogP contribution in [0.2, 0.25) is 0 Å². The molecule has 124 valence electrons. The summed E-state index contributed by atoms with van der Waals surface area (Å²) in [5.74, 6) is 0.436. The Morgan fingerprint density at radius 1 is 1.35 bits per heavy atom. The fraction of sp³-hybridized carbons (Fsp3) is 0.438. The Kier molecular flexibility index (Phi) is 6.10. The summed E-state index contributed by atoms with van der Waals surface area (Å²) in [5.41, 5.74) is 1.68. The fourth-order valence-electron chi connectivity index (χ4n) is 2.18. The van der Waals surface area contributed by atoms with Gasteiger partial charge in [0.25, 0.3) is 5.56 Å². The van der Waals surface area contributed by atoms with Crippen LogP contribution in [0, 0.1) is 12.1 Å². The summed E-state index contributed by atoms with van der Waals surface area (Å²) in [6.45, 7) is 2.62. The van der Waals surface area contributed by atoms with Gasteiger partial charge in [0, 0.05) is 49.9 Å². The molecule has 0 saturated heterocycles. The second-order valence-corrected chi connectivity index (χ2v) is 5.48. The molecule has 0 aromatic carbocycles. The third-order valence-corrected chi connectivity index (χ3v) is 3.56. The predicted molar refractivity (Wildman–Crippen MR) is 87.2 cm³/mol. The largest absolute Gasteiger partial charge is 0.619 e. The number of aryl methyl sites for hydroxylation is 1. The average Bonchev–Trinajstić information content (AvgIpc) is 2.53. The summed E-state index contributed by atoms with van der Waals surface area (Å²) >= 11 is 0. The first-order chi connectivity index (χ1) is 11.1. The maximum absolute atomic E-state index is 12.1. The average molecular weight is 318 g/mol. The van der Waals surface area contributed by atoms with E-state index in [0.29, 0.717) is 30.2 Å². The third kappa shape index (κ3) is 5.07. The lowest BCUT2D eigenvalue weighted by molar-refractivity contribution is -0.612. The van der Waals surface area contributed by atoms with Gasteiger partial charge in [-0.1, -0.05) is 0 Å². The van der Waals surface area contributed by atoms with Gasteiger partial charge < -0.3 is 15.6 Å². The van der Waals surface area contributed by atoms with E-state index in [2.05, 4.69) is 15.3 Å². The number of nitrogens with one attached hydrogen (secondary N) is 2. The second-order valence-electron chi connectivity index (χ2n) is 5.48. The Balaban J connectivity index is 1.96. The van der Waals surface area contributed by atoms with Gasteiger partial charge in [0.05, 0.1) is 0 Å². The highest BCUT2D eigenvalue weighted by Gasteiger charge is 2.07. The summed E-state index contributed by atoms with van der Waals surface area (Å²) in [6.07, 6.45) is 5.97. The topological polar surface area (TPSA) is 105 Å². The number of aliphatic hydroxyl groups is 1. The summed E-state index contributed by atoms with van der Waals surface area (Å²) in [5, 5.41) is 23.3. The Bertz CT molecular complexity index is 700. The second kappa shape index (κ2) is 8.28. The molecule has 23 heavy (non-hydrogen) atoms. The van der Waals surface area contributed by atoms with E-state index in [-0.39, 0.29) is 12.2 Å². The zero-order valence-electron chi connectivity index (χ0n) is 13.2. The zero-order chi connectivity index (χ0) is 16.7. The van der Waals surface area contributed by atoms with Crippen molar-refractivity contribution in [1.82, 2.24) is 9.97 Å². The van der Waals surface area contributed by atoms with Crippen molar-refractivity contribution in [2.45, 2.75) is 32.6 Å². The smallest absolute Gasteiger partial charge is 0.255 e. The highest BCUT2D eigenvalue weighted by Crippen LogP contribution is 2.05. The molecule has 2 heterocycles. The van der Waals surface area contributed by atoms with Gasteiger partial charge in [0.15, 0.2) is 11.9 Å². The van der Waals surface area contributed by atoms with Crippen molar-refractivity contribution in [2.75, 3.05) is 18.5 Å². The van der Waals surface area contributed by atoms with E-state index in [1.807, 2.05) is 6.07 Å². The summed E-state index contributed by atoms with van der Waals surface area (Å²) in [4.78, 5) is 19.0. The van der Waals surface area contributed by atoms with Crippen molar-refractivity contribution in [2.24, 2.45) is 0 Å². The van der Waals surface area contributed by atoms with E-state index in [0.717, 1.165) is 29.6 Å². The lowest BCUT2D eigenvalue weighted by Crippen LogP contribution is -2.30. The number of unbranched alkanes of at least 4 members (excludes halogenated alkanes) is 2. The highest BCUT2D eigenvalue weighted by atomic mass is 16.5. The van der Waals surface area contributed by atoms with Crippen LogP contribution in [0.25, 0.3) is 0 Å². The molecule has 0 spiro atoms. The number of hydrogen-bond acceptors (Lipinski definition) is 5. The minimum atomic E-state index is -0.212. The van der Waals surface area contributed by atoms with Crippen molar-refractivity contribution in [3.8, 4) is 0 Å². The third-order valence-electron chi connectivity index (χ3n) is 3.56. The standard InChI is InChI=1S/C16H22N4O3/c1-12-5-6-13(11-20(12)23)9-14-10-18-16(19-15(14)22)17-7-3-2-4-8-21/h5-6,10-11,21H,2-4,7-9H2,1H3,(H2,17,18,19,22). The van der Waals surface area contributed by atoms with Crippen LogP contribution in [0.15, 0.2) is 29.3 Å². The molecular weight excluding hydrogens is 296 g/mol. The molecule has 0 atom stereocenters. The molecule has 7 heteroatoms. The van der Waals surface area contributed by atoms with Gasteiger partial charge in [-0.3, -0.25) is 9.78 Å². The van der Waals surface area contributed by atoms with E-state index in [9.17, 15) is 10.0 Å². The number of aromatic nitrogens is 3. The summed E-state index contributed by atoms with van der Waals surface area (Å²) in [6, 6.07) is 3.56. The number of rotatable bonds is 8. The molecule has 7 nitrogen and oxygen atoms in total. The molecule has 2 rings (SSSR count). The van der Waals surface area contributed by atoms with E-state index >= 15 is 0 Å². The maximum atomic E-state index is 12.1. The van der Waals surface area contributed by atoms with Gasteiger partial charge in [-0.15, -0.1) is 0 Å². The van der Waals surface area contributed by atoms with Crippen LogP contribution in [0.1, 0.15) is 36.1 Å². The van der Waals surface area contributed by atoms with Gasteiger partial charge >= 0.3 is 0 Å². The molecular formula is C16H22N4O3. The Hall–Kier alpha value is -2.41. The summed E-state index contributed by atoms with van der Waals surface area (Å²) < 4.78 is 0.791. The zero-order valence-corrected chi connectivity index (χ0v) is 13.2. The Morgan fingerprint density at radius 2 is 2.17 bits per heavy atom. The van der Waals surface area contributed by atoms with Crippen molar-refractivity contribution >= 4 is 5.95 Å². The molecule has 0 bridgehead atoms. The summed E-state index contributed by atoms with van der Waals surface area (Å²) in [7, 11) is 0. The molecule has 0 aliphatic carbocycles. The quantitative estimate of drug-likeness (QED) is 0.381. The number of pyridine rings is 1. The van der Waals surface area contributed by atoms with Crippen molar-refractivity contribution in [3.05, 3.63) is 56.9 Å². The van der Waals surface area contributed by atoms with Crippen molar-refractivity contribution in [1.29, 1.82) is 0 Å². The monoisotopic (exact) mass is 318 g/mol. The van der Waals surface area contributed by atoms with Crippen LogP contribution in [-0.4, -0.2) is 28.2 Å².